The van der Waals surface area contributed by atoms with Crippen LogP contribution in [-0.4, -0.2) is 21.7 Å². The van der Waals surface area contributed by atoms with Crippen LogP contribution in [0.5, 0.6) is 0 Å². The van der Waals surface area contributed by atoms with Gasteiger partial charge in [-0.3, -0.25) is 5.10 Å². The van der Waals surface area contributed by atoms with E-state index in [0.717, 1.165) is 24.6 Å². The Morgan fingerprint density at radius 3 is 2.93 bits per heavy atom. The summed E-state index contributed by atoms with van der Waals surface area (Å²) in [7, 11) is 0. The van der Waals surface area contributed by atoms with Gasteiger partial charge in [-0.2, -0.15) is 5.10 Å². The minimum absolute atomic E-state index is 0.371. The highest BCUT2D eigenvalue weighted by Crippen LogP contribution is 2.19. The standard InChI is InChI=1S/C11H20N4/c1-8(2)7-10-13-11(15-14-10)9-5-3-4-6-12-9/h8-9,12H,3-7H2,1-2H3,(H,13,14,15). The van der Waals surface area contributed by atoms with E-state index in [2.05, 4.69) is 34.3 Å². The SMILES string of the molecule is CC(C)Cc1nc(C2CCCCN2)n[nH]1. The lowest BCUT2D eigenvalue weighted by Gasteiger charge is -2.20. The van der Waals surface area contributed by atoms with Gasteiger partial charge in [-0.05, 0) is 25.3 Å². The highest BCUT2D eigenvalue weighted by Gasteiger charge is 2.18. The van der Waals surface area contributed by atoms with Gasteiger partial charge in [-0.15, -0.1) is 0 Å². The summed E-state index contributed by atoms with van der Waals surface area (Å²) in [6.07, 6.45) is 4.71. The molecule has 0 aromatic carbocycles. The van der Waals surface area contributed by atoms with E-state index in [-0.39, 0.29) is 0 Å². The second kappa shape index (κ2) is 4.75. The van der Waals surface area contributed by atoms with E-state index in [4.69, 9.17) is 0 Å². The maximum atomic E-state index is 4.54. The fourth-order valence-corrected chi connectivity index (χ4v) is 2.02. The van der Waals surface area contributed by atoms with Gasteiger partial charge >= 0.3 is 0 Å². The summed E-state index contributed by atoms with van der Waals surface area (Å²) in [4.78, 5) is 4.54. The molecule has 1 atom stereocenters. The van der Waals surface area contributed by atoms with Crippen molar-refractivity contribution in [2.45, 2.75) is 45.6 Å². The Morgan fingerprint density at radius 1 is 1.40 bits per heavy atom. The fraction of sp³-hybridized carbons (Fsp3) is 0.818. The number of rotatable bonds is 3. The summed E-state index contributed by atoms with van der Waals surface area (Å²) in [5, 5.41) is 10.8. The summed E-state index contributed by atoms with van der Waals surface area (Å²) in [5.74, 6) is 2.60. The Balaban J connectivity index is 1.99. The smallest absolute Gasteiger partial charge is 0.167 e. The van der Waals surface area contributed by atoms with E-state index in [1.165, 1.54) is 19.3 Å². The first-order valence-corrected chi connectivity index (χ1v) is 5.90. The van der Waals surface area contributed by atoms with Crippen molar-refractivity contribution in [1.82, 2.24) is 20.5 Å². The van der Waals surface area contributed by atoms with Crippen LogP contribution in [0.15, 0.2) is 0 Å². The molecule has 1 aromatic rings. The van der Waals surface area contributed by atoms with Gasteiger partial charge in [0.05, 0.1) is 6.04 Å². The molecule has 1 unspecified atom stereocenters. The average molecular weight is 208 g/mol. The lowest BCUT2D eigenvalue weighted by atomic mass is 10.0. The second-order valence-corrected chi connectivity index (χ2v) is 4.74. The number of aromatic amines is 1. The fourth-order valence-electron chi connectivity index (χ4n) is 2.02. The van der Waals surface area contributed by atoms with Crippen molar-refractivity contribution < 1.29 is 0 Å². The Hall–Kier alpha value is -0.900. The number of nitrogens with zero attached hydrogens (tertiary/aromatic N) is 2. The average Bonchev–Trinajstić information content (AvgIpc) is 2.67. The van der Waals surface area contributed by atoms with Crippen LogP contribution >= 0.6 is 0 Å². The Morgan fingerprint density at radius 2 is 2.27 bits per heavy atom. The molecule has 1 aliphatic heterocycles. The van der Waals surface area contributed by atoms with Gasteiger partial charge in [-0.25, -0.2) is 4.98 Å². The molecule has 4 heteroatoms. The number of H-pyrrole nitrogens is 1. The Kier molecular flexibility index (Phi) is 3.36. The molecule has 1 aromatic heterocycles. The molecule has 0 radical (unpaired) electrons. The van der Waals surface area contributed by atoms with Crippen molar-refractivity contribution in [3.8, 4) is 0 Å². The maximum absolute atomic E-state index is 4.54. The van der Waals surface area contributed by atoms with Crippen LogP contribution in [-0.2, 0) is 6.42 Å². The van der Waals surface area contributed by atoms with Crippen molar-refractivity contribution >= 4 is 0 Å². The van der Waals surface area contributed by atoms with E-state index in [1.54, 1.807) is 0 Å². The summed E-state index contributed by atoms with van der Waals surface area (Å²) >= 11 is 0. The molecular weight excluding hydrogens is 188 g/mol. The van der Waals surface area contributed by atoms with E-state index in [0.29, 0.717) is 12.0 Å². The lowest BCUT2D eigenvalue weighted by Crippen LogP contribution is -2.27. The van der Waals surface area contributed by atoms with Crippen molar-refractivity contribution in [3.63, 3.8) is 0 Å². The largest absolute Gasteiger partial charge is 0.307 e. The molecule has 0 spiro atoms. The zero-order valence-electron chi connectivity index (χ0n) is 9.58. The molecule has 2 N–H and O–H groups in total. The second-order valence-electron chi connectivity index (χ2n) is 4.74. The van der Waals surface area contributed by atoms with Crippen molar-refractivity contribution in [2.75, 3.05) is 6.54 Å². The Bertz CT molecular complexity index is 299. The monoisotopic (exact) mass is 208 g/mol. The highest BCUT2D eigenvalue weighted by atomic mass is 15.2. The molecule has 15 heavy (non-hydrogen) atoms. The minimum atomic E-state index is 0.371. The van der Waals surface area contributed by atoms with Crippen LogP contribution in [0.2, 0.25) is 0 Å². The number of hydrogen-bond acceptors (Lipinski definition) is 3. The van der Waals surface area contributed by atoms with E-state index in [1.807, 2.05) is 0 Å². The van der Waals surface area contributed by atoms with Crippen molar-refractivity contribution in [1.29, 1.82) is 0 Å². The molecule has 4 nitrogen and oxygen atoms in total. The number of nitrogens with one attached hydrogen (secondary N) is 2. The van der Waals surface area contributed by atoms with Crippen LogP contribution < -0.4 is 5.32 Å². The van der Waals surface area contributed by atoms with Gasteiger partial charge in [0.25, 0.3) is 0 Å². The predicted molar refractivity (Wildman–Crippen MR) is 59.5 cm³/mol. The normalized spacial score (nSPS) is 22.2. The van der Waals surface area contributed by atoms with Crippen LogP contribution in [0.1, 0.15) is 50.8 Å². The quantitative estimate of drug-likeness (QED) is 0.796. The van der Waals surface area contributed by atoms with Gasteiger partial charge in [0.1, 0.15) is 5.82 Å². The van der Waals surface area contributed by atoms with Gasteiger partial charge < -0.3 is 5.32 Å². The molecule has 0 bridgehead atoms. The summed E-state index contributed by atoms with van der Waals surface area (Å²) in [6.45, 7) is 5.49. The summed E-state index contributed by atoms with van der Waals surface area (Å²) in [5.41, 5.74) is 0. The van der Waals surface area contributed by atoms with Crippen LogP contribution in [0.3, 0.4) is 0 Å². The van der Waals surface area contributed by atoms with Gasteiger partial charge in [0.2, 0.25) is 0 Å². The molecule has 0 amide bonds. The third-order valence-corrected chi connectivity index (χ3v) is 2.77. The first kappa shape index (κ1) is 10.6. The third kappa shape index (κ3) is 2.78. The zero-order valence-corrected chi connectivity index (χ0v) is 9.58. The van der Waals surface area contributed by atoms with E-state index >= 15 is 0 Å². The van der Waals surface area contributed by atoms with Crippen LogP contribution in [0, 0.1) is 5.92 Å². The number of hydrogen-bond donors (Lipinski definition) is 2. The summed E-state index contributed by atoms with van der Waals surface area (Å²) in [6, 6.07) is 0.371. The van der Waals surface area contributed by atoms with Gasteiger partial charge in [0.15, 0.2) is 5.82 Å². The molecule has 1 saturated heterocycles. The van der Waals surface area contributed by atoms with E-state index < -0.39 is 0 Å². The predicted octanol–water partition coefficient (Wildman–Crippen LogP) is 1.82. The maximum Gasteiger partial charge on any atom is 0.167 e. The Labute approximate surface area is 90.9 Å². The minimum Gasteiger partial charge on any atom is -0.307 e. The molecule has 0 saturated carbocycles. The molecular formula is C11H20N4. The van der Waals surface area contributed by atoms with Crippen LogP contribution in [0.4, 0.5) is 0 Å². The summed E-state index contributed by atoms with van der Waals surface area (Å²) < 4.78 is 0. The third-order valence-electron chi connectivity index (χ3n) is 2.77. The van der Waals surface area contributed by atoms with Crippen LogP contribution in [0.25, 0.3) is 0 Å². The molecule has 0 aliphatic carbocycles. The first-order chi connectivity index (χ1) is 7.25. The topological polar surface area (TPSA) is 53.6 Å². The molecule has 1 fully saturated rings. The lowest BCUT2D eigenvalue weighted by molar-refractivity contribution is 0.398. The van der Waals surface area contributed by atoms with Gasteiger partial charge in [-0.1, -0.05) is 20.3 Å². The number of piperidine rings is 1. The van der Waals surface area contributed by atoms with Gasteiger partial charge in [0, 0.05) is 6.42 Å². The van der Waals surface area contributed by atoms with E-state index in [9.17, 15) is 0 Å². The first-order valence-electron chi connectivity index (χ1n) is 5.90. The molecule has 2 rings (SSSR count). The van der Waals surface area contributed by atoms with Crippen molar-refractivity contribution in [3.05, 3.63) is 11.6 Å². The molecule has 1 aliphatic rings. The number of aromatic nitrogens is 3. The molecule has 2 heterocycles. The van der Waals surface area contributed by atoms with Crippen molar-refractivity contribution in [2.24, 2.45) is 5.92 Å². The zero-order chi connectivity index (χ0) is 10.7. The molecule has 84 valence electrons. The highest BCUT2D eigenvalue weighted by molar-refractivity contribution is 4.98.